The Balaban J connectivity index is 1.29. The van der Waals surface area contributed by atoms with Crippen LogP contribution in [0.5, 0.6) is 5.75 Å². The average Bonchev–Trinajstić information content (AvgIpc) is 3.14. The lowest BCUT2D eigenvalue weighted by Crippen LogP contribution is -2.59. The maximum atomic E-state index is 14.1. The van der Waals surface area contributed by atoms with Gasteiger partial charge < -0.3 is 41.1 Å². The molecule has 4 amide bonds. The Morgan fingerprint density at radius 2 is 1.47 bits per heavy atom. The number of anilines is 2. The lowest BCUT2D eigenvalue weighted by Gasteiger charge is -2.38. The lowest BCUT2D eigenvalue weighted by molar-refractivity contribution is -0.137. The fourth-order valence-corrected chi connectivity index (χ4v) is 7.99. The summed E-state index contributed by atoms with van der Waals surface area (Å²) >= 11 is 19.4. The van der Waals surface area contributed by atoms with Crippen molar-refractivity contribution in [3.05, 3.63) is 79.4 Å². The van der Waals surface area contributed by atoms with Crippen molar-refractivity contribution in [1.29, 1.82) is 0 Å². The molecule has 2 saturated heterocycles. The number of urea groups is 1. The highest BCUT2D eigenvalue weighted by Crippen LogP contribution is 2.34. The van der Waals surface area contributed by atoms with Crippen molar-refractivity contribution in [3.8, 4) is 5.75 Å². The van der Waals surface area contributed by atoms with Gasteiger partial charge in [0.25, 0.3) is 0 Å². The minimum Gasteiger partial charge on any atom is -0.506 e. The molecule has 51 heavy (non-hydrogen) atoms. The van der Waals surface area contributed by atoms with Gasteiger partial charge in [0.15, 0.2) is 0 Å². The molecule has 0 unspecified atom stereocenters. The first-order valence-corrected chi connectivity index (χ1v) is 19.3. The minimum atomic E-state index is -1.02. The number of benzene rings is 2. The fourth-order valence-electron chi connectivity index (χ4n) is 6.29. The zero-order valence-electron chi connectivity index (χ0n) is 28.0. The number of carbonyl (C=O) groups is 3. The largest absolute Gasteiger partial charge is 0.506 e. The van der Waals surface area contributed by atoms with Gasteiger partial charge in [-0.25, -0.2) is 4.79 Å². The van der Waals surface area contributed by atoms with Crippen LogP contribution in [0.4, 0.5) is 16.2 Å². The van der Waals surface area contributed by atoms with E-state index in [4.69, 9.17) is 28.9 Å². The third-order valence-corrected chi connectivity index (χ3v) is 11.2. The molecule has 1 aromatic heterocycles. The van der Waals surface area contributed by atoms with E-state index >= 15 is 0 Å². The molecular weight excluding hydrogens is 827 g/mol. The van der Waals surface area contributed by atoms with Crippen LogP contribution in [0.15, 0.2) is 63.8 Å². The van der Waals surface area contributed by atoms with E-state index in [1.165, 1.54) is 0 Å². The Kier molecular flexibility index (Phi) is 14.1. The molecule has 16 heteroatoms. The van der Waals surface area contributed by atoms with Crippen LogP contribution in [0.25, 0.3) is 0 Å². The smallest absolute Gasteiger partial charge is 0.318 e. The molecule has 5 rings (SSSR count). The van der Waals surface area contributed by atoms with Crippen molar-refractivity contribution >= 4 is 84.3 Å². The molecule has 2 atom stereocenters. The number of pyridine rings is 1. The van der Waals surface area contributed by atoms with Gasteiger partial charge in [0.1, 0.15) is 17.8 Å². The molecule has 0 spiro atoms. The van der Waals surface area contributed by atoms with Crippen LogP contribution in [0.3, 0.4) is 0 Å². The molecule has 3 heterocycles. The average molecular weight is 869 g/mol. The van der Waals surface area contributed by atoms with Crippen LogP contribution in [-0.2, 0) is 16.0 Å². The molecule has 5 N–H and O–H groups in total. The number of carbonyl (C=O) groups excluding carboxylic acids is 3. The highest BCUT2D eigenvalue weighted by Gasteiger charge is 2.33. The zero-order valence-corrected chi connectivity index (χ0v) is 32.7. The topological polar surface area (TPSA) is 147 Å². The number of phenols is 1. The van der Waals surface area contributed by atoms with Gasteiger partial charge in [0.05, 0.1) is 24.7 Å². The van der Waals surface area contributed by atoms with Gasteiger partial charge in [0.2, 0.25) is 11.8 Å². The molecule has 2 aromatic carbocycles. The number of unbranched alkanes of at least 4 members (excludes halogenated alkanes) is 1. The summed E-state index contributed by atoms with van der Waals surface area (Å²) < 4.78 is 0.878. The van der Waals surface area contributed by atoms with E-state index in [0.717, 1.165) is 11.4 Å². The predicted molar refractivity (Wildman–Crippen MR) is 208 cm³/mol. The summed E-state index contributed by atoms with van der Waals surface area (Å²) in [7, 11) is 0. The van der Waals surface area contributed by atoms with Crippen molar-refractivity contribution in [2.45, 2.75) is 37.8 Å². The summed E-state index contributed by atoms with van der Waals surface area (Å²) in [5.41, 5.74) is 8.30. The van der Waals surface area contributed by atoms with Gasteiger partial charge in [-0.3, -0.25) is 14.6 Å². The molecule has 0 bridgehead atoms. The molecule has 3 aromatic rings. The van der Waals surface area contributed by atoms with Gasteiger partial charge in [-0.05, 0) is 99.6 Å². The standard InChI is InChI=1S/C35H42Br2Cl2N8O4/c36-25-20-23(21-26(37)32(25)48)22-29(43-35(51)47-18-14-45(15-19-47)30-6-3-4-27(38)31(30)39)33(49)42-28(5-1-2-9-40)34(50)46-16-12-44(13-17-46)24-7-10-41-11-8-24/h3-4,6-8,10-11,20-21,28-29,48H,1-2,5,9,12-19,22,40H2,(H,42,49)(H,43,51)/t28-,29+/m0/s1. The number of phenolic OH excluding ortho intramolecular Hbond substituents is 1. The van der Waals surface area contributed by atoms with E-state index in [1.807, 2.05) is 24.3 Å². The third-order valence-electron chi connectivity index (χ3n) is 9.15. The molecule has 2 aliphatic rings. The highest BCUT2D eigenvalue weighted by molar-refractivity contribution is 9.11. The van der Waals surface area contributed by atoms with E-state index in [0.29, 0.717) is 103 Å². The first-order chi connectivity index (χ1) is 24.5. The summed E-state index contributed by atoms with van der Waals surface area (Å²) in [4.78, 5) is 53.6. The molecular formula is C35H42Br2Cl2N8O4. The second-order valence-electron chi connectivity index (χ2n) is 12.5. The maximum Gasteiger partial charge on any atom is 0.318 e. The normalized spacial score (nSPS) is 16.1. The molecule has 2 aliphatic heterocycles. The Labute approximate surface area is 324 Å². The SMILES string of the molecule is NCCCC[C@H](NC(=O)[C@@H](Cc1cc(Br)c(O)c(Br)c1)NC(=O)N1CCN(c2cccc(Cl)c2Cl)CC1)C(=O)N1CCN(c2ccncc2)CC1. The number of rotatable bonds is 12. The molecule has 274 valence electrons. The van der Waals surface area contributed by atoms with Crippen LogP contribution in [0, 0.1) is 0 Å². The summed E-state index contributed by atoms with van der Waals surface area (Å²) in [6, 6.07) is 10.5. The zero-order chi connectivity index (χ0) is 36.5. The number of hydrogen-bond acceptors (Lipinski definition) is 8. The Bertz CT molecular complexity index is 1650. The molecule has 0 saturated carbocycles. The van der Waals surface area contributed by atoms with E-state index < -0.39 is 24.0 Å². The van der Waals surface area contributed by atoms with Gasteiger partial charge in [0, 0.05) is 76.9 Å². The third kappa shape index (κ3) is 10.2. The van der Waals surface area contributed by atoms with Gasteiger partial charge in [-0.15, -0.1) is 0 Å². The summed E-state index contributed by atoms with van der Waals surface area (Å²) in [6.45, 7) is 4.62. The van der Waals surface area contributed by atoms with Gasteiger partial charge in [-0.1, -0.05) is 29.3 Å². The van der Waals surface area contributed by atoms with Crippen molar-refractivity contribution in [2.24, 2.45) is 5.73 Å². The van der Waals surface area contributed by atoms with Gasteiger partial charge in [-0.2, -0.15) is 0 Å². The van der Waals surface area contributed by atoms with E-state index in [-0.39, 0.29) is 18.1 Å². The number of halogens is 4. The van der Waals surface area contributed by atoms with Crippen LogP contribution < -0.4 is 26.2 Å². The number of nitrogens with zero attached hydrogens (tertiary/aromatic N) is 5. The lowest BCUT2D eigenvalue weighted by atomic mass is 10.0. The highest BCUT2D eigenvalue weighted by atomic mass is 79.9. The number of amides is 4. The second kappa shape index (κ2) is 18.5. The quantitative estimate of drug-likeness (QED) is 0.186. The number of nitrogens with one attached hydrogen (secondary N) is 2. The fraction of sp³-hybridized carbons (Fsp3) is 0.429. The summed E-state index contributed by atoms with van der Waals surface area (Å²) in [5, 5.41) is 17.1. The minimum absolute atomic E-state index is 0.0241. The van der Waals surface area contributed by atoms with Crippen molar-refractivity contribution in [1.82, 2.24) is 25.4 Å². The molecule has 12 nitrogen and oxygen atoms in total. The summed E-state index contributed by atoms with van der Waals surface area (Å²) in [5.74, 6) is -0.615. The van der Waals surface area contributed by atoms with Crippen molar-refractivity contribution in [2.75, 3.05) is 68.7 Å². The van der Waals surface area contributed by atoms with E-state index in [2.05, 4.69) is 57.3 Å². The Morgan fingerprint density at radius 3 is 2.12 bits per heavy atom. The summed E-state index contributed by atoms with van der Waals surface area (Å²) in [6.07, 6.45) is 5.38. The Morgan fingerprint density at radius 1 is 0.843 bits per heavy atom. The number of hydrogen-bond donors (Lipinski definition) is 4. The van der Waals surface area contributed by atoms with Crippen LogP contribution >= 0.6 is 55.1 Å². The first-order valence-electron chi connectivity index (χ1n) is 16.9. The maximum absolute atomic E-state index is 14.1. The van der Waals surface area contributed by atoms with Crippen LogP contribution in [0.2, 0.25) is 10.0 Å². The molecule has 0 radical (unpaired) electrons. The molecule has 2 fully saturated rings. The van der Waals surface area contributed by atoms with Crippen molar-refractivity contribution < 1.29 is 19.5 Å². The monoisotopic (exact) mass is 866 g/mol. The second-order valence-corrected chi connectivity index (χ2v) is 15.0. The van der Waals surface area contributed by atoms with Gasteiger partial charge >= 0.3 is 6.03 Å². The number of piperazine rings is 2. The van der Waals surface area contributed by atoms with Crippen LogP contribution in [-0.4, -0.2) is 109 Å². The van der Waals surface area contributed by atoms with Crippen molar-refractivity contribution in [3.63, 3.8) is 0 Å². The van der Waals surface area contributed by atoms with E-state index in [9.17, 15) is 19.5 Å². The number of aromatic hydroxyl groups is 1. The Hall–Kier alpha value is -3.30. The number of nitrogens with two attached hydrogens (primary N) is 1. The first kappa shape index (κ1) is 38.9. The predicted octanol–water partition coefficient (Wildman–Crippen LogP) is 5.02. The number of aromatic nitrogens is 1. The molecule has 0 aliphatic carbocycles. The van der Waals surface area contributed by atoms with Crippen LogP contribution in [0.1, 0.15) is 24.8 Å². The van der Waals surface area contributed by atoms with E-state index in [1.54, 1.807) is 40.4 Å².